The standard InChI is InChI=1S/C22H18BrN3O4/c1-12-19-16(27)6-3-7-17(19)30-20(12)22(29)25-15-5-2-4-13(10-15)21(28)26-18-9-8-14(23)11-24-18/h2,4-5,8-11H,3,6-7H2,1H3,(H,25,29)(H,24,26,28). The summed E-state index contributed by atoms with van der Waals surface area (Å²) in [5.41, 5.74) is 1.89. The van der Waals surface area contributed by atoms with Crippen LogP contribution in [0.4, 0.5) is 11.5 Å². The van der Waals surface area contributed by atoms with E-state index in [4.69, 9.17) is 4.42 Å². The Kier molecular flexibility index (Phi) is 5.50. The molecule has 3 aromatic rings. The molecule has 1 aromatic carbocycles. The number of ketones is 1. The average Bonchev–Trinajstić information content (AvgIpc) is 3.08. The normalized spacial score (nSPS) is 12.9. The Labute approximate surface area is 181 Å². The van der Waals surface area contributed by atoms with Crippen LogP contribution in [0.15, 0.2) is 51.5 Å². The summed E-state index contributed by atoms with van der Waals surface area (Å²) >= 11 is 3.29. The Morgan fingerprint density at radius 2 is 1.93 bits per heavy atom. The fourth-order valence-electron chi connectivity index (χ4n) is 3.43. The van der Waals surface area contributed by atoms with Crippen molar-refractivity contribution in [2.75, 3.05) is 10.6 Å². The number of pyridine rings is 1. The molecule has 30 heavy (non-hydrogen) atoms. The Balaban J connectivity index is 1.50. The first-order valence-corrected chi connectivity index (χ1v) is 10.2. The lowest BCUT2D eigenvalue weighted by Gasteiger charge is -2.08. The second-order valence-electron chi connectivity index (χ2n) is 6.98. The van der Waals surface area contributed by atoms with Crippen LogP contribution in [0.25, 0.3) is 0 Å². The maximum absolute atomic E-state index is 12.7. The average molecular weight is 468 g/mol. The monoisotopic (exact) mass is 467 g/mol. The molecule has 8 heteroatoms. The molecule has 0 aliphatic heterocycles. The van der Waals surface area contributed by atoms with Gasteiger partial charge in [-0.2, -0.15) is 0 Å². The smallest absolute Gasteiger partial charge is 0.291 e. The molecule has 2 heterocycles. The van der Waals surface area contributed by atoms with E-state index in [2.05, 4.69) is 31.5 Å². The first kappa shape index (κ1) is 20.0. The van der Waals surface area contributed by atoms with Crippen LogP contribution in [0, 0.1) is 6.92 Å². The van der Waals surface area contributed by atoms with Gasteiger partial charge in [-0.1, -0.05) is 6.07 Å². The predicted octanol–water partition coefficient (Wildman–Crippen LogP) is 4.77. The number of benzene rings is 1. The lowest BCUT2D eigenvalue weighted by molar-refractivity contribution is 0.0963. The summed E-state index contributed by atoms with van der Waals surface area (Å²) in [5.74, 6) is 0.321. The summed E-state index contributed by atoms with van der Waals surface area (Å²) in [6.07, 6.45) is 3.43. The number of carbonyl (C=O) groups is 3. The Morgan fingerprint density at radius 1 is 1.10 bits per heavy atom. The van der Waals surface area contributed by atoms with Gasteiger partial charge in [-0.3, -0.25) is 14.4 Å². The highest BCUT2D eigenvalue weighted by Crippen LogP contribution is 2.30. The van der Waals surface area contributed by atoms with Crippen molar-refractivity contribution in [3.05, 3.63) is 75.3 Å². The third kappa shape index (κ3) is 4.04. The Hall–Kier alpha value is -3.26. The highest BCUT2D eigenvalue weighted by atomic mass is 79.9. The second-order valence-corrected chi connectivity index (χ2v) is 7.90. The molecule has 0 spiro atoms. The molecule has 0 fully saturated rings. The minimum absolute atomic E-state index is 0.0109. The lowest BCUT2D eigenvalue weighted by Crippen LogP contribution is -2.15. The van der Waals surface area contributed by atoms with Crippen LogP contribution < -0.4 is 10.6 Å². The van der Waals surface area contributed by atoms with E-state index < -0.39 is 5.91 Å². The fourth-order valence-corrected chi connectivity index (χ4v) is 3.66. The maximum atomic E-state index is 12.7. The van der Waals surface area contributed by atoms with Gasteiger partial charge >= 0.3 is 0 Å². The van der Waals surface area contributed by atoms with E-state index in [9.17, 15) is 14.4 Å². The van der Waals surface area contributed by atoms with Gasteiger partial charge in [0.15, 0.2) is 11.5 Å². The van der Waals surface area contributed by atoms with Crippen molar-refractivity contribution in [1.29, 1.82) is 0 Å². The van der Waals surface area contributed by atoms with Gasteiger partial charge in [-0.25, -0.2) is 4.98 Å². The highest BCUT2D eigenvalue weighted by molar-refractivity contribution is 9.10. The second kappa shape index (κ2) is 8.23. The third-order valence-electron chi connectivity index (χ3n) is 4.86. The van der Waals surface area contributed by atoms with Crippen molar-refractivity contribution in [3.63, 3.8) is 0 Å². The van der Waals surface area contributed by atoms with Gasteiger partial charge in [0.1, 0.15) is 11.6 Å². The highest BCUT2D eigenvalue weighted by Gasteiger charge is 2.28. The molecule has 2 N–H and O–H groups in total. The van der Waals surface area contributed by atoms with Crippen molar-refractivity contribution in [2.24, 2.45) is 0 Å². The van der Waals surface area contributed by atoms with Gasteiger partial charge in [0.25, 0.3) is 11.8 Å². The van der Waals surface area contributed by atoms with Crippen molar-refractivity contribution in [3.8, 4) is 0 Å². The molecule has 1 aliphatic carbocycles. The van der Waals surface area contributed by atoms with Crippen LogP contribution in [0.3, 0.4) is 0 Å². The molecule has 1 aliphatic rings. The molecular weight excluding hydrogens is 450 g/mol. The summed E-state index contributed by atoms with van der Waals surface area (Å²) in [4.78, 5) is 41.5. The number of amides is 2. The van der Waals surface area contributed by atoms with Crippen molar-refractivity contribution in [1.82, 2.24) is 4.98 Å². The van der Waals surface area contributed by atoms with Crippen LogP contribution >= 0.6 is 15.9 Å². The Bertz CT molecular complexity index is 1150. The number of carbonyl (C=O) groups excluding carboxylic acids is 3. The number of hydrogen-bond donors (Lipinski definition) is 2. The number of fused-ring (bicyclic) bond motifs is 1. The van der Waals surface area contributed by atoms with E-state index in [0.717, 1.165) is 10.9 Å². The first-order chi connectivity index (χ1) is 14.4. The summed E-state index contributed by atoms with van der Waals surface area (Å²) in [6, 6.07) is 10.00. The third-order valence-corrected chi connectivity index (χ3v) is 5.33. The van der Waals surface area contributed by atoms with Crippen LogP contribution in [-0.2, 0) is 6.42 Å². The van der Waals surface area contributed by atoms with Gasteiger partial charge in [0.2, 0.25) is 0 Å². The number of anilines is 2. The zero-order chi connectivity index (χ0) is 21.3. The quantitative estimate of drug-likeness (QED) is 0.575. The summed E-state index contributed by atoms with van der Waals surface area (Å²) < 4.78 is 6.49. The van der Waals surface area contributed by atoms with Gasteiger partial charge in [-0.05, 0) is 59.6 Å². The van der Waals surface area contributed by atoms with Crippen molar-refractivity contribution < 1.29 is 18.8 Å². The fraction of sp³-hybridized carbons (Fsp3) is 0.182. The minimum Gasteiger partial charge on any atom is -0.455 e. The number of halogens is 1. The number of hydrogen-bond acceptors (Lipinski definition) is 5. The molecule has 2 amide bonds. The topological polar surface area (TPSA) is 101 Å². The minimum atomic E-state index is -0.457. The van der Waals surface area contributed by atoms with E-state index >= 15 is 0 Å². The number of furan rings is 1. The summed E-state index contributed by atoms with van der Waals surface area (Å²) in [6.45, 7) is 1.72. The van der Waals surface area contributed by atoms with Gasteiger partial charge in [0.05, 0.1) is 5.56 Å². The summed E-state index contributed by atoms with van der Waals surface area (Å²) in [5, 5.41) is 5.45. The van der Waals surface area contributed by atoms with Crippen LogP contribution in [0.2, 0.25) is 0 Å². The molecule has 0 unspecified atom stereocenters. The molecule has 0 saturated carbocycles. The van der Waals surface area contributed by atoms with Crippen LogP contribution in [0.1, 0.15) is 55.4 Å². The molecule has 0 bridgehead atoms. The SMILES string of the molecule is Cc1c(C(=O)Nc2cccc(C(=O)Nc3ccc(Br)cn3)c2)oc2c1C(=O)CCC2. The van der Waals surface area contributed by atoms with E-state index in [1.165, 1.54) is 0 Å². The van der Waals surface area contributed by atoms with Gasteiger partial charge < -0.3 is 15.1 Å². The maximum Gasteiger partial charge on any atom is 0.291 e. The van der Waals surface area contributed by atoms with Crippen molar-refractivity contribution in [2.45, 2.75) is 26.2 Å². The Morgan fingerprint density at radius 3 is 2.67 bits per heavy atom. The number of rotatable bonds is 4. The van der Waals surface area contributed by atoms with Gasteiger partial charge in [0, 0.05) is 40.3 Å². The van der Waals surface area contributed by atoms with Crippen molar-refractivity contribution >= 4 is 45.0 Å². The molecule has 0 saturated heterocycles. The molecule has 7 nitrogen and oxygen atoms in total. The molecule has 0 atom stereocenters. The lowest BCUT2D eigenvalue weighted by atomic mass is 9.94. The van der Waals surface area contributed by atoms with E-state index in [0.29, 0.717) is 46.8 Å². The number of Topliss-reactive ketones (excluding diaryl/α,β-unsaturated/α-hetero) is 1. The number of nitrogens with one attached hydrogen (secondary N) is 2. The summed E-state index contributed by atoms with van der Waals surface area (Å²) in [7, 11) is 0. The van der Waals surface area contributed by atoms with Crippen LogP contribution in [0.5, 0.6) is 0 Å². The zero-order valence-corrected chi connectivity index (χ0v) is 17.7. The van der Waals surface area contributed by atoms with E-state index in [1.807, 2.05) is 0 Å². The predicted molar refractivity (Wildman–Crippen MR) is 115 cm³/mol. The number of aromatic nitrogens is 1. The van der Waals surface area contributed by atoms with Gasteiger partial charge in [-0.15, -0.1) is 0 Å². The number of nitrogens with zero attached hydrogens (tertiary/aromatic N) is 1. The molecule has 4 rings (SSSR count). The zero-order valence-electron chi connectivity index (χ0n) is 16.1. The molecular formula is C22H18BrN3O4. The molecule has 0 radical (unpaired) electrons. The number of aryl methyl sites for hydroxylation is 1. The largest absolute Gasteiger partial charge is 0.455 e. The van der Waals surface area contributed by atoms with Crippen LogP contribution in [-0.4, -0.2) is 22.6 Å². The van der Waals surface area contributed by atoms with E-state index in [-0.39, 0.29) is 17.5 Å². The first-order valence-electron chi connectivity index (χ1n) is 9.42. The molecule has 2 aromatic heterocycles. The van der Waals surface area contributed by atoms with E-state index in [1.54, 1.807) is 49.5 Å². The molecule has 152 valence electrons.